The van der Waals surface area contributed by atoms with Crippen molar-refractivity contribution in [2.75, 3.05) is 6.61 Å². The van der Waals surface area contributed by atoms with Gasteiger partial charge < -0.3 is 14.9 Å². The molecular weight excluding hydrogens is 190 g/mol. The summed E-state index contributed by atoms with van der Waals surface area (Å²) in [7, 11) is 0. The lowest BCUT2D eigenvalue weighted by Gasteiger charge is -1.97. The van der Waals surface area contributed by atoms with Crippen LogP contribution in [0.2, 0.25) is 0 Å². The highest BCUT2D eigenvalue weighted by Crippen LogP contribution is 2.04. The molecule has 0 spiro atoms. The Morgan fingerprint density at radius 1 is 1.71 bits per heavy atom. The van der Waals surface area contributed by atoms with Gasteiger partial charge in [0, 0.05) is 6.07 Å². The number of rotatable bonds is 3. The summed E-state index contributed by atoms with van der Waals surface area (Å²) in [6, 6.07) is 1.25. The molecule has 14 heavy (non-hydrogen) atoms. The summed E-state index contributed by atoms with van der Waals surface area (Å²) in [5, 5.41) is 10.3. The lowest BCUT2D eigenvalue weighted by molar-refractivity contribution is -0.394. The number of hydrogen-bond acceptors (Lipinski definition) is 6. The van der Waals surface area contributed by atoms with E-state index in [1.54, 1.807) is 6.92 Å². The highest BCUT2D eigenvalue weighted by molar-refractivity contribution is 5.87. The lowest BCUT2D eigenvalue weighted by Crippen LogP contribution is -2.08. The topological polar surface area (TPSA) is 95.2 Å². The molecule has 0 N–H and O–H groups in total. The van der Waals surface area contributed by atoms with Crippen molar-refractivity contribution in [1.82, 2.24) is 9.97 Å². The van der Waals surface area contributed by atoms with Crippen molar-refractivity contribution in [2.45, 2.75) is 6.92 Å². The van der Waals surface area contributed by atoms with Crippen LogP contribution < -0.4 is 0 Å². The first-order valence-electron chi connectivity index (χ1n) is 3.79. The molecule has 0 fully saturated rings. The average Bonchev–Trinajstić information content (AvgIpc) is 2.18. The first-order valence-corrected chi connectivity index (χ1v) is 3.79. The minimum atomic E-state index is -0.775. The summed E-state index contributed by atoms with van der Waals surface area (Å²) in [5.74, 6) is -1.31. The number of ether oxygens (including phenoxy) is 1. The Bertz CT molecular complexity index is 366. The van der Waals surface area contributed by atoms with E-state index in [2.05, 4.69) is 14.7 Å². The van der Waals surface area contributed by atoms with Crippen LogP contribution in [0, 0.1) is 10.1 Å². The van der Waals surface area contributed by atoms with Crippen molar-refractivity contribution in [3.05, 3.63) is 28.1 Å². The summed E-state index contributed by atoms with van der Waals surface area (Å²) < 4.78 is 4.61. The molecule has 1 aromatic heterocycles. The third kappa shape index (κ3) is 2.22. The van der Waals surface area contributed by atoms with Gasteiger partial charge in [0.05, 0.1) is 6.61 Å². The van der Waals surface area contributed by atoms with Crippen LogP contribution >= 0.6 is 0 Å². The fourth-order valence-corrected chi connectivity index (χ4v) is 0.755. The fourth-order valence-electron chi connectivity index (χ4n) is 0.755. The third-order valence-corrected chi connectivity index (χ3v) is 1.29. The molecule has 0 amide bonds. The summed E-state index contributed by atoms with van der Waals surface area (Å²) >= 11 is 0. The minimum Gasteiger partial charge on any atom is -0.460 e. The number of nitro groups is 1. The molecule has 0 unspecified atom stereocenters. The van der Waals surface area contributed by atoms with Gasteiger partial charge in [0.1, 0.15) is 6.20 Å². The van der Waals surface area contributed by atoms with Crippen LogP contribution in [0.3, 0.4) is 0 Å². The maximum absolute atomic E-state index is 11.1. The quantitative estimate of drug-likeness (QED) is 0.399. The van der Waals surface area contributed by atoms with E-state index in [-0.39, 0.29) is 12.3 Å². The van der Waals surface area contributed by atoms with Gasteiger partial charge in [-0.1, -0.05) is 9.97 Å². The molecule has 0 atom stereocenters. The highest BCUT2D eigenvalue weighted by atomic mass is 16.6. The van der Waals surface area contributed by atoms with E-state index >= 15 is 0 Å². The Kier molecular flexibility index (Phi) is 3.05. The number of carbonyl (C=O) groups excluding carboxylic acids is 1. The van der Waals surface area contributed by atoms with Crippen molar-refractivity contribution in [2.24, 2.45) is 0 Å². The van der Waals surface area contributed by atoms with Crippen molar-refractivity contribution in [1.29, 1.82) is 0 Å². The molecule has 0 aliphatic heterocycles. The summed E-state index contributed by atoms with van der Waals surface area (Å²) in [6.45, 7) is 1.82. The van der Waals surface area contributed by atoms with E-state index in [4.69, 9.17) is 0 Å². The average molecular weight is 197 g/mol. The molecule has 74 valence electrons. The van der Waals surface area contributed by atoms with E-state index in [1.165, 1.54) is 6.07 Å². The van der Waals surface area contributed by atoms with Crippen LogP contribution in [0.15, 0.2) is 12.3 Å². The van der Waals surface area contributed by atoms with Gasteiger partial charge in [0.15, 0.2) is 0 Å². The molecule has 0 aliphatic carbocycles. The SMILES string of the molecule is CCOC(=O)c1ccnc([N+](=O)[O-])n1. The van der Waals surface area contributed by atoms with Crippen LogP contribution in [0.5, 0.6) is 0 Å². The van der Waals surface area contributed by atoms with Crippen LogP contribution in [0.4, 0.5) is 5.95 Å². The molecule has 0 radical (unpaired) electrons. The lowest BCUT2D eigenvalue weighted by atomic mass is 10.4. The second-order valence-electron chi connectivity index (χ2n) is 2.22. The van der Waals surface area contributed by atoms with Gasteiger partial charge in [-0.15, -0.1) is 0 Å². The highest BCUT2D eigenvalue weighted by Gasteiger charge is 2.17. The smallest absolute Gasteiger partial charge is 0.460 e. The largest absolute Gasteiger partial charge is 0.469 e. The Morgan fingerprint density at radius 2 is 2.43 bits per heavy atom. The Balaban J connectivity index is 2.93. The summed E-state index contributed by atoms with van der Waals surface area (Å²) in [5.41, 5.74) is -0.117. The van der Waals surface area contributed by atoms with Gasteiger partial charge in [-0.05, 0) is 11.8 Å². The van der Waals surface area contributed by atoms with Crippen LogP contribution in [-0.2, 0) is 4.74 Å². The molecular formula is C7H7N3O4. The minimum absolute atomic E-state index is 0.117. The number of hydrogen-bond donors (Lipinski definition) is 0. The zero-order chi connectivity index (χ0) is 10.6. The predicted octanol–water partition coefficient (Wildman–Crippen LogP) is 0.561. The number of nitrogens with zero attached hydrogens (tertiary/aromatic N) is 3. The van der Waals surface area contributed by atoms with Gasteiger partial charge in [0.25, 0.3) is 0 Å². The second kappa shape index (κ2) is 4.26. The van der Waals surface area contributed by atoms with Crippen molar-refractivity contribution < 1.29 is 14.5 Å². The fraction of sp³-hybridized carbons (Fsp3) is 0.286. The van der Waals surface area contributed by atoms with Crippen molar-refractivity contribution in [3.8, 4) is 0 Å². The normalized spacial score (nSPS) is 9.50. The summed E-state index contributed by atoms with van der Waals surface area (Å²) in [6.07, 6.45) is 1.14. The van der Waals surface area contributed by atoms with Crippen molar-refractivity contribution in [3.63, 3.8) is 0 Å². The molecule has 0 aromatic carbocycles. The number of esters is 1. The first-order chi connectivity index (χ1) is 6.65. The molecule has 0 aliphatic rings. The van der Waals surface area contributed by atoms with E-state index in [0.717, 1.165) is 6.20 Å². The van der Waals surface area contributed by atoms with Crippen LogP contribution in [0.1, 0.15) is 17.4 Å². The van der Waals surface area contributed by atoms with Gasteiger partial charge in [0.2, 0.25) is 5.69 Å². The Hall–Kier alpha value is -2.05. The van der Waals surface area contributed by atoms with E-state index < -0.39 is 16.8 Å². The Labute approximate surface area is 78.9 Å². The predicted molar refractivity (Wildman–Crippen MR) is 44.6 cm³/mol. The maximum Gasteiger partial charge on any atom is 0.469 e. The van der Waals surface area contributed by atoms with E-state index in [0.29, 0.717) is 0 Å². The molecule has 1 heterocycles. The Morgan fingerprint density at radius 3 is 3.00 bits per heavy atom. The standard InChI is InChI=1S/C7H7N3O4/c1-2-14-6(11)5-3-4-8-7(9-5)10(12)13/h3-4H,2H2,1H3. The second-order valence-corrected chi connectivity index (χ2v) is 2.22. The maximum atomic E-state index is 11.1. The van der Waals surface area contributed by atoms with Gasteiger partial charge in [-0.25, -0.2) is 4.79 Å². The monoisotopic (exact) mass is 197 g/mol. The molecule has 1 rings (SSSR count). The molecule has 0 saturated carbocycles. The zero-order valence-electron chi connectivity index (χ0n) is 7.34. The first kappa shape index (κ1) is 10.0. The zero-order valence-corrected chi connectivity index (χ0v) is 7.34. The van der Waals surface area contributed by atoms with Crippen LogP contribution in [-0.4, -0.2) is 27.5 Å². The summed E-state index contributed by atoms with van der Waals surface area (Å²) in [4.78, 5) is 27.3. The van der Waals surface area contributed by atoms with Gasteiger partial charge >= 0.3 is 11.9 Å². The molecule has 0 saturated heterocycles. The molecule has 7 heteroatoms. The number of carbonyl (C=O) groups is 1. The van der Waals surface area contributed by atoms with Gasteiger partial charge in [-0.2, -0.15) is 0 Å². The molecule has 0 bridgehead atoms. The van der Waals surface area contributed by atoms with Crippen LogP contribution in [0.25, 0.3) is 0 Å². The third-order valence-electron chi connectivity index (χ3n) is 1.29. The van der Waals surface area contributed by atoms with E-state index in [1.807, 2.05) is 0 Å². The molecule has 1 aromatic rings. The van der Waals surface area contributed by atoms with E-state index in [9.17, 15) is 14.9 Å². The van der Waals surface area contributed by atoms with Crippen molar-refractivity contribution >= 4 is 11.9 Å². The van der Waals surface area contributed by atoms with Gasteiger partial charge in [-0.3, -0.25) is 0 Å². The number of aromatic nitrogens is 2. The molecule has 7 nitrogen and oxygen atoms in total.